The summed E-state index contributed by atoms with van der Waals surface area (Å²) in [6.07, 6.45) is 0. The number of rotatable bonds is 7. The van der Waals surface area contributed by atoms with Crippen molar-refractivity contribution in [1.82, 2.24) is 0 Å². The molecule has 0 saturated carbocycles. The molecule has 0 saturated heterocycles. The van der Waals surface area contributed by atoms with Gasteiger partial charge in [-0.05, 0) is 134 Å². The third-order valence-corrected chi connectivity index (χ3v) is 14.4. The van der Waals surface area contributed by atoms with Crippen molar-refractivity contribution in [3.63, 3.8) is 0 Å². The first-order chi connectivity index (χ1) is 32.1. The molecule has 0 spiro atoms. The summed E-state index contributed by atoms with van der Waals surface area (Å²) < 4.78 is 6.33. The third kappa shape index (κ3) is 5.47. The van der Waals surface area contributed by atoms with Crippen LogP contribution in [0, 0.1) is 0 Å². The molecule has 65 heavy (non-hydrogen) atoms. The molecule has 1 heterocycles. The van der Waals surface area contributed by atoms with Gasteiger partial charge in [-0.3, -0.25) is 0 Å². The fraction of sp³-hybridized carbons (Fsp3) is 0.0476. The van der Waals surface area contributed by atoms with Crippen LogP contribution in [0.4, 0.5) is 17.1 Å². The van der Waals surface area contributed by atoms with Gasteiger partial charge in [0.05, 0.1) is 5.41 Å². The van der Waals surface area contributed by atoms with Crippen molar-refractivity contribution in [1.29, 1.82) is 0 Å². The lowest BCUT2D eigenvalue weighted by Crippen LogP contribution is -2.28. The van der Waals surface area contributed by atoms with Crippen molar-refractivity contribution in [3.05, 3.63) is 282 Å². The van der Waals surface area contributed by atoms with Gasteiger partial charge in [-0.1, -0.05) is 188 Å². The Bertz CT molecular complexity index is 3570. The highest BCUT2D eigenvalue weighted by Gasteiger charge is 2.46. The van der Waals surface area contributed by atoms with Gasteiger partial charge < -0.3 is 9.32 Å². The molecular formula is C63H43NO. The fourth-order valence-corrected chi connectivity index (χ4v) is 11.4. The van der Waals surface area contributed by atoms with E-state index in [9.17, 15) is 0 Å². The van der Waals surface area contributed by atoms with E-state index in [1.807, 2.05) is 12.1 Å². The van der Waals surface area contributed by atoms with Crippen LogP contribution in [0.2, 0.25) is 0 Å². The zero-order valence-corrected chi connectivity index (χ0v) is 35.9. The molecule has 0 aliphatic heterocycles. The summed E-state index contributed by atoms with van der Waals surface area (Å²) in [5.74, 6) is 0. The number of benzene rings is 10. The quantitative estimate of drug-likeness (QED) is 0.159. The Kier molecular flexibility index (Phi) is 8.29. The van der Waals surface area contributed by atoms with E-state index in [2.05, 4.69) is 242 Å². The van der Waals surface area contributed by atoms with Crippen molar-refractivity contribution in [2.75, 3.05) is 4.90 Å². The maximum Gasteiger partial charge on any atom is 0.136 e. The Morgan fingerprint density at radius 2 is 0.800 bits per heavy atom. The number of nitrogens with zero attached hydrogens (tertiary/aromatic N) is 1. The second-order valence-electron chi connectivity index (χ2n) is 17.7. The average Bonchev–Trinajstić information content (AvgIpc) is 3.99. The zero-order chi connectivity index (χ0) is 43.1. The highest BCUT2D eigenvalue weighted by atomic mass is 16.3. The Morgan fingerprint density at radius 1 is 0.323 bits per heavy atom. The monoisotopic (exact) mass is 829 g/mol. The summed E-state index contributed by atoms with van der Waals surface area (Å²) in [6, 6.07) is 89.3. The smallest absolute Gasteiger partial charge is 0.136 e. The number of furan rings is 1. The molecule has 0 radical (unpaired) electrons. The topological polar surface area (TPSA) is 16.4 Å². The standard InChI is InChI=1S/C63H43NO/c1-62(44-17-5-2-6-18-44)56-26-14-11-23-50(56)52-37-34-48(40-58(52)62)64(47-32-29-42(30-33-47)43-31-36-55-54-25-13-16-28-60(54)65-61(55)39-43)49-35-38-53-51-24-12-15-27-57(51)63(59(53)41-49,45-19-7-3-8-20-45)46-21-9-4-10-22-46/h2-41H,1H3. The number of hydrogen-bond donors (Lipinski definition) is 0. The van der Waals surface area contributed by atoms with Gasteiger partial charge in [-0.2, -0.15) is 0 Å². The molecule has 1 atom stereocenters. The Balaban J connectivity index is 1.02. The van der Waals surface area contributed by atoms with Gasteiger partial charge in [0.25, 0.3) is 0 Å². The molecule has 0 fully saturated rings. The van der Waals surface area contributed by atoms with E-state index in [4.69, 9.17) is 4.42 Å². The van der Waals surface area contributed by atoms with Crippen LogP contribution in [0.5, 0.6) is 0 Å². The molecule has 10 aromatic carbocycles. The van der Waals surface area contributed by atoms with Crippen molar-refractivity contribution >= 4 is 39.0 Å². The summed E-state index contributed by atoms with van der Waals surface area (Å²) in [4.78, 5) is 2.46. The minimum atomic E-state index is -0.527. The highest BCUT2D eigenvalue weighted by Crippen LogP contribution is 2.58. The molecule has 11 aromatic rings. The van der Waals surface area contributed by atoms with E-state index in [1.54, 1.807) is 0 Å². The summed E-state index contributed by atoms with van der Waals surface area (Å²) >= 11 is 0. The average molecular weight is 830 g/mol. The number of anilines is 3. The van der Waals surface area contributed by atoms with Crippen molar-refractivity contribution in [3.8, 4) is 33.4 Å². The van der Waals surface area contributed by atoms with Crippen LogP contribution in [-0.2, 0) is 10.8 Å². The van der Waals surface area contributed by atoms with Gasteiger partial charge in [0, 0.05) is 33.2 Å². The van der Waals surface area contributed by atoms with Gasteiger partial charge in [0.1, 0.15) is 11.2 Å². The van der Waals surface area contributed by atoms with Crippen LogP contribution in [0.15, 0.2) is 247 Å². The molecule has 0 amide bonds. The summed E-state index contributed by atoms with van der Waals surface area (Å²) in [6.45, 7) is 2.40. The van der Waals surface area contributed by atoms with Crippen LogP contribution < -0.4 is 4.90 Å². The first-order valence-corrected chi connectivity index (χ1v) is 22.6. The van der Waals surface area contributed by atoms with E-state index in [1.165, 1.54) is 61.2 Å². The predicted molar refractivity (Wildman–Crippen MR) is 269 cm³/mol. The summed E-state index contributed by atoms with van der Waals surface area (Å²) in [7, 11) is 0. The minimum absolute atomic E-state index is 0.344. The first kappa shape index (κ1) is 37.4. The van der Waals surface area contributed by atoms with E-state index in [0.717, 1.165) is 50.1 Å². The second-order valence-corrected chi connectivity index (χ2v) is 17.7. The SMILES string of the molecule is CC1(c2ccccc2)c2ccccc2-c2ccc(N(c3ccc(-c4ccc5c(c4)oc4ccccc45)cc3)c3ccc4c(c3)C(c3ccccc3)(c3ccccc3)c3ccccc3-4)cc21. The van der Waals surface area contributed by atoms with Gasteiger partial charge in [-0.15, -0.1) is 0 Å². The number of hydrogen-bond acceptors (Lipinski definition) is 2. The van der Waals surface area contributed by atoms with Gasteiger partial charge in [0.2, 0.25) is 0 Å². The van der Waals surface area contributed by atoms with Crippen molar-refractivity contribution in [2.45, 2.75) is 17.8 Å². The molecule has 0 N–H and O–H groups in total. The van der Waals surface area contributed by atoms with E-state index in [-0.39, 0.29) is 5.41 Å². The molecule has 2 aliphatic rings. The lowest BCUT2D eigenvalue weighted by molar-refractivity contribution is 0.669. The molecule has 306 valence electrons. The normalized spacial score (nSPS) is 15.3. The lowest BCUT2D eigenvalue weighted by Gasteiger charge is -2.35. The number of para-hydroxylation sites is 1. The minimum Gasteiger partial charge on any atom is -0.456 e. The molecule has 0 bridgehead atoms. The second kappa shape index (κ2) is 14.4. The van der Waals surface area contributed by atoms with Gasteiger partial charge in [-0.25, -0.2) is 0 Å². The van der Waals surface area contributed by atoms with Crippen LogP contribution in [0.25, 0.3) is 55.3 Å². The van der Waals surface area contributed by atoms with Crippen molar-refractivity contribution < 1.29 is 4.42 Å². The van der Waals surface area contributed by atoms with E-state index in [0.29, 0.717) is 0 Å². The van der Waals surface area contributed by atoms with Crippen LogP contribution in [-0.4, -0.2) is 0 Å². The largest absolute Gasteiger partial charge is 0.456 e. The van der Waals surface area contributed by atoms with Crippen LogP contribution in [0.3, 0.4) is 0 Å². The fourth-order valence-electron chi connectivity index (χ4n) is 11.4. The highest BCUT2D eigenvalue weighted by molar-refractivity contribution is 6.06. The number of fused-ring (bicyclic) bond motifs is 9. The van der Waals surface area contributed by atoms with Crippen LogP contribution >= 0.6 is 0 Å². The third-order valence-electron chi connectivity index (χ3n) is 14.4. The van der Waals surface area contributed by atoms with Crippen molar-refractivity contribution in [2.24, 2.45) is 0 Å². The van der Waals surface area contributed by atoms with Gasteiger partial charge in [0.15, 0.2) is 0 Å². The maximum atomic E-state index is 6.33. The Hall–Kier alpha value is -8.20. The molecular weight excluding hydrogens is 787 g/mol. The Morgan fingerprint density at radius 3 is 1.48 bits per heavy atom. The molecule has 2 nitrogen and oxygen atoms in total. The molecule has 1 aromatic heterocycles. The summed E-state index contributed by atoms with van der Waals surface area (Å²) in [5.41, 5.74) is 20.6. The molecule has 13 rings (SSSR count). The predicted octanol–water partition coefficient (Wildman–Crippen LogP) is 16.4. The Labute approximate surface area is 379 Å². The lowest BCUT2D eigenvalue weighted by atomic mass is 9.67. The zero-order valence-electron chi connectivity index (χ0n) is 35.9. The molecule has 1 unspecified atom stereocenters. The van der Waals surface area contributed by atoms with E-state index < -0.39 is 5.41 Å². The summed E-state index contributed by atoms with van der Waals surface area (Å²) in [5, 5.41) is 2.27. The van der Waals surface area contributed by atoms with Crippen LogP contribution in [0.1, 0.15) is 45.9 Å². The van der Waals surface area contributed by atoms with Gasteiger partial charge >= 0.3 is 0 Å². The first-order valence-electron chi connectivity index (χ1n) is 22.6. The van der Waals surface area contributed by atoms with E-state index >= 15 is 0 Å². The maximum absolute atomic E-state index is 6.33. The molecule has 2 aliphatic carbocycles. The molecule has 2 heteroatoms.